The van der Waals surface area contributed by atoms with E-state index >= 15 is 0 Å². The topological polar surface area (TPSA) is 57.8 Å². The second kappa shape index (κ2) is 7.66. The van der Waals surface area contributed by atoms with E-state index in [4.69, 9.17) is 0 Å². The van der Waals surface area contributed by atoms with Gasteiger partial charge < -0.3 is 10.3 Å². The number of carbonyl (C=O) groups is 1. The van der Waals surface area contributed by atoms with Gasteiger partial charge in [-0.05, 0) is 37.1 Å². The summed E-state index contributed by atoms with van der Waals surface area (Å²) in [5.74, 6) is 0.490. The molecule has 4 nitrogen and oxygen atoms in total. The fourth-order valence-corrected chi connectivity index (χ4v) is 3.26. The van der Waals surface area contributed by atoms with E-state index in [2.05, 4.69) is 57.2 Å². The molecule has 1 heterocycles. The van der Waals surface area contributed by atoms with Crippen LogP contribution < -0.4 is 5.32 Å². The molecule has 0 atom stereocenters. The zero-order valence-corrected chi connectivity index (χ0v) is 14.5. The van der Waals surface area contributed by atoms with E-state index < -0.39 is 0 Å². The lowest BCUT2D eigenvalue weighted by molar-refractivity contribution is -0.118. The molecule has 2 aromatic rings. The van der Waals surface area contributed by atoms with Gasteiger partial charge in [-0.25, -0.2) is 4.98 Å². The van der Waals surface area contributed by atoms with Crippen LogP contribution in [0, 0.1) is 13.8 Å². The Hall–Kier alpha value is -1.27. The number of H-pyrrole nitrogens is 1. The molecular formula is C15H18BrN3OS. The molecule has 1 aromatic carbocycles. The van der Waals surface area contributed by atoms with Gasteiger partial charge in [-0.2, -0.15) is 0 Å². The van der Waals surface area contributed by atoms with Crippen LogP contribution in [-0.4, -0.2) is 28.2 Å². The molecule has 0 radical (unpaired) electrons. The van der Waals surface area contributed by atoms with Crippen molar-refractivity contribution in [3.8, 4) is 0 Å². The number of thioether (sulfide) groups is 1. The Morgan fingerprint density at radius 3 is 2.90 bits per heavy atom. The maximum Gasteiger partial charge on any atom is 0.230 e. The number of aryl methyl sites for hydroxylation is 2. The Bertz CT molecular complexity index is 614. The van der Waals surface area contributed by atoms with Crippen LogP contribution in [0.2, 0.25) is 0 Å². The van der Waals surface area contributed by atoms with E-state index in [9.17, 15) is 4.79 Å². The molecule has 2 N–H and O–H groups in total. The van der Waals surface area contributed by atoms with Gasteiger partial charge in [0.05, 0.1) is 12.1 Å². The summed E-state index contributed by atoms with van der Waals surface area (Å²) in [6.45, 7) is 4.74. The van der Waals surface area contributed by atoms with Crippen molar-refractivity contribution in [2.24, 2.45) is 0 Å². The Balaban J connectivity index is 1.77. The molecule has 0 saturated carbocycles. The van der Waals surface area contributed by atoms with Crippen LogP contribution >= 0.6 is 27.7 Å². The van der Waals surface area contributed by atoms with Crippen LogP contribution in [0.25, 0.3) is 0 Å². The Kier molecular flexibility index (Phi) is 5.87. The predicted molar refractivity (Wildman–Crippen MR) is 89.6 cm³/mol. The zero-order valence-electron chi connectivity index (χ0n) is 12.1. The molecular weight excluding hydrogens is 350 g/mol. The van der Waals surface area contributed by atoms with Gasteiger partial charge in [0, 0.05) is 34.2 Å². The van der Waals surface area contributed by atoms with Crippen molar-refractivity contribution in [2.45, 2.75) is 25.2 Å². The van der Waals surface area contributed by atoms with Gasteiger partial charge >= 0.3 is 0 Å². The first-order chi connectivity index (χ1) is 10.1. The highest BCUT2D eigenvalue weighted by atomic mass is 79.9. The maximum atomic E-state index is 11.8. The highest BCUT2D eigenvalue weighted by molar-refractivity contribution is 9.10. The monoisotopic (exact) mass is 367 g/mol. The first-order valence-electron chi connectivity index (χ1n) is 6.70. The lowest BCUT2D eigenvalue weighted by Gasteiger charge is -2.09. The first kappa shape index (κ1) is 16.1. The van der Waals surface area contributed by atoms with Gasteiger partial charge in [0.2, 0.25) is 5.91 Å². The van der Waals surface area contributed by atoms with E-state index in [0.29, 0.717) is 12.3 Å². The molecule has 0 bridgehead atoms. The molecule has 0 aliphatic heterocycles. The summed E-state index contributed by atoms with van der Waals surface area (Å²) in [5.41, 5.74) is 3.40. The minimum absolute atomic E-state index is 0.0551. The van der Waals surface area contributed by atoms with Crippen LogP contribution in [0.4, 0.5) is 0 Å². The van der Waals surface area contributed by atoms with Crippen molar-refractivity contribution in [1.82, 2.24) is 15.3 Å². The van der Waals surface area contributed by atoms with E-state index in [-0.39, 0.29) is 5.91 Å². The number of benzene rings is 1. The molecule has 1 aromatic heterocycles. The van der Waals surface area contributed by atoms with Crippen molar-refractivity contribution in [2.75, 3.05) is 12.3 Å². The summed E-state index contributed by atoms with van der Waals surface area (Å²) in [4.78, 5) is 20.0. The number of nitrogens with zero attached hydrogens (tertiary/aromatic N) is 1. The summed E-state index contributed by atoms with van der Waals surface area (Å²) in [7, 11) is 0. The van der Waals surface area contributed by atoms with Crippen molar-refractivity contribution in [3.63, 3.8) is 0 Å². The smallest absolute Gasteiger partial charge is 0.230 e. The van der Waals surface area contributed by atoms with Crippen LogP contribution in [0.3, 0.4) is 0 Å². The molecule has 0 unspecified atom stereocenters. The summed E-state index contributed by atoms with van der Waals surface area (Å²) in [5, 5.41) is 2.92. The van der Waals surface area contributed by atoms with Gasteiger partial charge in [-0.3, -0.25) is 4.79 Å². The highest BCUT2D eigenvalue weighted by Gasteiger charge is 2.07. The van der Waals surface area contributed by atoms with Gasteiger partial charge in [0.25, 0.3) is 0 Å². The second-order valence-corrected chi connectivity index (χ2v) is 6.70. The van der Waals surface area contributed by atoms with Crippen LogP contribution in [-0.2, 0) is 11.2 Å². The summed E-state index contributed by atoms with van der Waals surface area (Å²) in [6.07, 6.45) is 4.19. The molecule has 0 aliphatic carbocycles. The van der Waals surface area contributed by atoms with Crippen LogP contribution in [0.15, 0.2) is 34.0 Å². The lowest BCUT2D eigenvalue weighted by atomic mass is 10.2. The average Bonchev–Trinajstić information content (AvgIpc) is 2.94. The fraction of sp³-hybridized carbons (Fsp3) is 0.333. The number of hydrogen-bond donors (Lipinski definition) is 2. The predicted octanol–water partition coefficient (Wildman–Crippen LogP) is 3.24. The average molecular weight is 368 g/mol. The molecule has 6 heteroatoms. The highest BCUT2D eigenvalue weighted by Crippen LogP contribution is 2.28. The van der Waals surface area contributed by atoms with E-state index in [0.717, 1.165) is 21.5 Å². The van der Waals surface area contributed by atoms with Crippen molar-refractivity contribution in [3.05, 3.63) is 46.0 Å². The molecule has 0 aliphatic rings. The Labute approximate surface area is 137 Å². The number of aromatic amines is 1. The number of halogens is 1. The molecule has 0 saturated heterocycles. The van der Waals surface area contributed by atoms with Crippen molar-refractivity contribution in [1.29, 1.82) is 0 Å². The van der Waals surface area contributed by atoms with E-state index in [1.165, 1.54) is 11.1 Å². The van der Waals surface area contributed by atoms with Crippen molar-refractivity contribution < 1.29 is 4.79 Å². The Morgan fingerprint density at radius 2 is 2.19 bits per heavy atom. The third-order valence-electron chi connectivity index (χ3n) is 3.09. The summed E-state index contributed by atoms with van der Waals surface area (Å²) < 4.78 is 1.10. The largest absolute Gasteiger partial charge is 0.355 e. The maximum absolute atomic E-state index is 11.8. The number of nitrogens with one attached hydrogen (secondary N) is 2. The Morgan fingerprint density at radius 1 is 1.38 bits per heavy atom. The fourth-order valence-electron chi connectivity index (χ4n) is 1.86. The molecule has 0 spiro atoms. The van der Waals surface area contributed by atoms with Crippen LogP contribution in [0.5, 0.6) is 0 Å². The number of rotatable bonds is 6. The second-order valence-electron chi connectivity index (χ2n) is 4.83. The lowest BCUT2D eigenvalue weighted by Crippen LogP contribution is -2.27. The minimum atomic E-state index is 0.0551. The SMILES string of the molecule is Cc1cc(SCC(=O)NCCc2cnc[nH]2)c(C)cc1Br. The quantitative estimate of drug-likeness (QED) is 0.770. The minimum Gasteiger partial charge on any atom is -0.355 e. The van der Waals surface area contributed by atoms with Gasteiger partial charge in [-0.15, -0.1) is 11.8 Å². The standard InChI is InChI=1S/C15H18BrN3OS/c1-10-6-14(11(2)5-13(10)16)21-8-15(20)18-4-3-12-7-17-9-19-12/h5-7,9H,3-4,8H2,1-2H3,(H,17,19)(H,18,20). The number of hydrogen-bond acceptors (Lipinski definition) is 3. The third kappa shape index (κ3) is 4.89. The third-order valence-corrected chi connectivity index (χ3v) is 5.10. The number of carbonyl (C=O) groups excluding carboxylic acids is 1. The summed E-state index contributed by atoms with van der Waals surface area (Å²) in [6, 6.07) is 4.20. The van der Waals surface area contributed by atoms with E-state index in [1.54, 1.807) is 24.3 Å². The molecule has 1 amide bonds. The normalized spacial score (nSPS) is 10.6. The van der Waals surface area contributed by atoms with E-state index in [1.807, 2.05) is 0 Å². The number of imidazole rings is 1. The number of aromatic nitrogens is 2. The van der Waals surface area contributed by atoms with Gasteiger partial charge in [0.15, 0.2) is 0 Å². The molecule has 2 rings (SSSR count). The van der Waals surface area contributed by atoms with Gasteiger partial charge in [0.1, 0.15) is 0 Å². The van der Waals surface area contributed by atoms with Gasteiger partial charge in [-0.1, -0.05) is 15.9 Å². The molecule has 0 fully saturated rings. The number of amides is 1. The molecule has 112 valence electrons. The van der Waals surface area contributed by atoms with Crippen LogP contribution in [0.1, 0.15) is 16.8 Å². The van der Waals surface area contributed by atoms with Crippen molar-refractivity contribution >= 4 is 33.6 Å². The zero-order chi connectivity index (χ0) is 15.2. The molecule has 21 heavy (non-hydrogen) atoms. The summed E-state index contributed by atoms with van der Waals surface area (Å²) >= 11 is 5.09. The first-order valence-corrected chi connectivity index (χ1v) is 8.47.